The van der Waals surface area contributed by atoms with Crippen molar-refractivity contribution in [1.29, 1.82) is 0 Å². The molecule has 0 radical (unpaired) electrons. The lowest BCUT2D eigenvalue weighted by Gasteiger charge is -2.30. The molecule has 0 atom stereocenters. The fraction of sp³-hybridized carbons (Fsp3) is 0.750. The highest BCUT2D eigenvalue weighted by molar-refractivity contribution is 8.03. The van der Waals surface area contributed by atoms with Gasteiger partial charge in [-0.1, -0.05) is 41.8 Å². The van der Waals surface area contributed by atoms with Crippen LogP contribution in [-0.2, 0) is 4.79 Å². The highest BCUT2D eigenvalue weighted by Crippen LogP contribution is 2.28. The van der Waals surface area contributed by atoms with Crippen molar-refractivity contribution in [2.24, 2.45) is 0 Å². The smallest absolute Gasteiger partial charge is 0.233 e. The maximum atomic E-state index is 12.2. The molecule has 0 aliphatic heterocycles. The number of nitrogens with zero attached hydrogens (tertiary/aromatic N) is 3. The summed E-state index contributed by atoms with van der Waals surface area (Å²) in [6.07, 6.45) is 0. The molecule has 4 nitrogen and oxygen atoms in total. The van der Waals surface area contributed by atoms with Crippen LogP contribution in [0.25, 0.3) is 0 Å². The minimum absolute atomic E-state index is 0.162. The SMILES string of the molecule is CCSc1nnc(SCC(=O)N(C(C)C)C(C)C)s1. The van der Waals surface area contributed by atoms with E-state index in [1.54, 1.807) is 23.1 Å². The Labute approximate surface area is 127 Å². The van der Waals surface area contributed by atoms with Crippen molar-refractivity contribution in [2.45, 2.75) is 55.4 Å². The quantitative estimate of drug-likeness (QED) is 0.721. The van der Waals surface area contributed by atoms with Crippen molar-refractivity contribution in [3.63, 3.8) is 0 Å². The molecule has 1 aromatic rings. The molecule has 0 aliphatic rings. The van der Waals surface area contributed by atoms with Gasteiger partial charge in [-0.15, -0.1) is 10.2 Å². The number of hydrogen-bond donors (Lipinski definition) is 0. The topological polar surface area (TPSA) is 46.1 Å². The second-order valence-corrected chi connectivity index (χ2v) is 8.26. The number of hydrogen-bond acceptors (Lipinski definition) is 6. The molecule has 0 saturated heterocycles. The minimum Gasteiger partial charge on any atom is -0.337 e. The van der Waals surface area contributed by atoms with Gasteiger partial charge in [-0.05, 0) is 33.4 Å². The van der Waals surface area contributed by atoms with E-state index in [9.17, 15) is 4.79 Å². The minimum atomic E-state index is 0.162. The summed E-state index contributed by atoms with van der Waals surface area (Å²) in [5, 5.41) is 8.18. The zero-order valence-corrected chi connectivity index (χ0v) is 14.5. The molecule has 0 bridgehead atoms. The molecule has 0 N–H and O–H groups in total. The lowest BCUT2D eigenvalue weighted by molar-refractivity contribution is -0.131. The van der Waals surface area contributed by atoms with Gasteiger partial charge in [0.05, 0.1) is 5.75 Å². The Hall–Kier alpha value is -0.270. The second kappa shape index (κ2) is 8.11. The molecular formula is C12H21N3OS3. The Morgan fingerprint density at radius 1 is 1.16 bits per heavy atom. The lowest BCUT2D eigenvalue weighted by atomic mass is 10.2. The van der Waals surface area contributed by atoms with Gasteiger partial charge in [0.2, 0.25) is 5.91 Å². The first-order chi connectivity index (χ1) is 8.95. The third kappa shape index (κ3) is 5.31. The van der Waals surface area contributed by atoms with Crippen LogP contribution in [0.2, 0.25) is 0 Å². The summed E-state index contributed by atoms with van der Waals surface area (Å²) in [5.41, 5.74) is 0. The van der Waals surface area contributed by atoms with Gasteiger partial charge in [0.15, 0.2) is 8.68 Å². The molecule has 0 saturated carbocycles. The van der Waals surface area contributed by atoms with Gasteiger partial charge < -0.3 is 4.90 Å². The summed E-state index contributed by atoms with van der Waals surface area (Å²) in [4.78, 5) is 14.1. The fourth-order valence-corrected chi connectivity index (χ4v) is 4.59. The van der Waals surface area contributed by atoms with Crippen molar-refractivity contribution in [3.8, 4) is 0 Å². The van der Waals surface area contributed by atoms with E-state index in [1.165, 1.54) is 11.8 Å². The van der Waals surface area contributed by atoms with Gasteiger partial charge in [-0.25, -0.2) is 0 Å². The Bertz CT molecular complexity index is 399. The highest BCUT2D eigenvalue weighted by atomic mass is 32.2. The van der Waals surface area contributed by atoms with Gasteiger partial charge >= 0.3 is 0 Å². The van der Waals surface area contributed by atoms with E-state index < -0.39 is 0 Å². The molecule has 19 heavy (non-hydrogen) atoms. The highest BCUT2D eigenvalue weighted by Gasteiger charge is 2.20. The summed E-state index contributed by atoms with van der Waals surface area (Å²) >= 11 is 4.72. The van der Waals surface area contributed by atoms with Crippen molar-refractivity contribution in [3.05, 3.63) is 0 Å². The standard InChI is InChI=1S/C12H21N3OS3/c1-6-17-11-13-14-12(19-11)18-7-10(16)15(8(2)3)9(4)5/h8-9H,6-7H2,1-5H3. The van der Waals surface area contributed by atoms with Gasteiger partial charge in [-0.3, -0.25) is 4.79 Å². The Morgan fingerprint density at radius 3 is 2.16 bits per heavy atom. The molecule has 1 aromatic heterocycles. The zero-order chi connectivity index (χ0) is 14.4. The first kappa shape index (κ1) is 16.8. The summed E-state index contributed by atoms with van der Waals surface area (Å²) < 4.78 is 1.85. The first-order valence-corrected chi connectivity index (χ1v) is 9.14. The molecule has 1 amide bonds. The van der Waals surface area contributed by atoms with Crippen LogP contribution in [0.3, 0.4) is 0 Å². The maximum absolute atomic E-state index is 12.2. The van der Waals surface area contributed by atoms with Crippen LogP contribution < -0.4 is 0 Å². The van der Waals surface area contributed by atoms with Crippen LogP contribution in [0.5, 0.6) is 0 Å². The van der Waals surface area contributed by atoms with E-state index in [4.69, 9.17) is 0 Å². The molecular weight excluding hydrogens is 298 g/mol. The molecule has 0 aromatic carbocycles. The molecule has 7 heteroatoms. The van der Waals surface area contributed by atoms with Crippen molar-refractivity contribution in [1.82, 2.24) is 15.1 Å². The van der Waals surface area contributed by atoms with Crippen molar-refractivity contribution >= 4 is 40.8 Å². The van der Waals surface area contributed by atoms with E-state index >= 15 is 0 Å². The fourth-order valence-electron chi connectivity index (χ4n) is 1.81. The predicted octanol–water partition coefficient (Wildman–Crippen LogP) is 3.39. The van der Waals surface area contributed by atoms with Gasteiger partial charge in [0, 0.05) is 12.1 Å². The average molecular weight is 320 g/mol. The summed E-state index contributed by atoms with van der Waals surface area (Å²) in [6.45, 7) is 10.3. The average Bonchev–Trinajstić information content (AvgIpc) is 2.74. The normalized spacial score (nSPS) is 11.3. The molecule has 0 aliphatic carbocycles. The third-order valence-electron chi connectivity index (χ3n) is 2.38. The van der Waals surface area contributed by atoms with Gasteiger partial charge in [0.1, 0.15) is 0 Å². The van der Waals surface area contributed by atoms with Crippen LogP contribution in [0.15, 0.2) is 8.68 Å². The summed E-state index contributed by atoms with van der Waals surface area (Å²) in [6, 6.07) is 0.461. The summed E-state index contributed by atoms with van der Waals surface area (Å²) in [7, 11) is 0. The largest absolute Gasteiger partial charge is 0.337 e. The Balaban J connectivity index is 2.52. The van der Waals surface area contributed by atoms with E-state index in [0.717, 1.165) is 14.4 Å². The van der Waals surface area contributed by atoms with E-state index in [2.05, 4.69) is 17.1 Å². The lowest BCUT2D eigenvalue weighted by Crippen LogP contribution is -2.43. The predicted molar refractivity (Wildman–Crippen MR) is 84.1 cm³/mol. The number of carbonyl (C=O) groups is 1. The Morgan fingerprint density at radius 2 is 1.68 bits per heavy atom. The molecule has 1 rings (SSSR count). The molecule has 0 fully saturated rings. The third-order valence-corrected chi connectivity index (χ3v) is 5.43. The second-order valence-electron chi connectivity index (χ2n) is 4.54. The molecule has 0 unspecified atom stereocenters. The van der Waals surface area contributed by atoms with Crippen LogP contribution in [0.4, 0.5) is 0 Å². The van der Waals surface area contributed by atoms with Crippen LogP contribution in [0.1, 0.15) is 34.6 Å². The maximum Gasteiger partial charge on any atom is 0.233 e. The van der Waals surface area contributed by atoms with E-state index in [0.29, 0.717) is 5.75 Å². The first-order valence-electron chi connectivity index (χ1n) is 6.36. The zero-order valence-electron chi connectivity index (χ0n) is 12.0. The van der Waals surface area contributed by atoms with Crippen LogP contribution in [0, 0.1) is 0 Å². The van der Waals surface area contributed by atoms with E-state index in [1.807, 2.05) is 32.6 Å². The summed E-state index contributed by atoms with van der Waals surface area (Å²) in [5.74, 6) is 1.59. The van der Waals surface area contributed by atoms with Crippen molar-refractivity contribution < 1.29 is 4.79 Å². The molecule has 108 valence electrons. The monoisotopic (exact) mass is 319 g/mol. The van der Waals surface area contributed by atoms with Gasteiger partial charge in [0.25, 0.3) is 0 Å². The number of amides is 1. The Kier molecular flexibility index (Phi) is 7.17. The van der Waals surface area contributed by atoms with Gasteiger partial charge in [-0.2, -0.15) is 0 Å². The van der Waals surface area contributed by atoms with Crippen LogP contribution >= 0.6 is 34.9 Å². The van der Waals surface area contributed by atoms with Crippen LogP contribution in [-0.4, -0.2) is 44.6 Å². The van der Waals surface area contributed by atoms with Crippen molar-refractivity contribution in [2.75, 3.05) is 11.5 Å². The number of carbonyl (C=O) groups excluding carboxylic acids is 1. The molecule has 0 spiro atoms. The number of aromatic nitrogens is 2. The number of thioether (sulfide) groups is 2. The van der Waals surface area contributed by atoms with E-state index in [-0.39, 0.29) is 18.0 Å². The molecule has 1 heterocycles. The number of rotatable bonds is 7.